The minimum absolute atomic E-state index is 0.0539. The van der Waals surface area contributed by atoms with Crippen LogP contribution in [0, 0.1) is 0 Å². The number of hydrogen-bond acceptors (Lipinski definition) is 3. The van der Waals surface area contributed by atoms with Crippen LogP contribution >= 0.6 is 15.9 Å². The summed E-state index contributed by atoms with van der Waals surface area (Å²) in [7, 11) is 0. The summed E-state index contributed by atoms with van der Waals surface area (Å²) in [6.45, 7) is 4.87. The minimum Gasteiger partial charge on any atom is -0.489 e. The summed E-state index contributed by atoms with van der Waals surface area (Å²) >= 11 is 3.44. The molecule has 1 aromatic rings. The fourth-order valence-corrected chi connectivity index (χ4v) is 2.53. The number of ether oxygens (including phenoxy) is 2. The van der Waals surface area contributed by atoms with E-state index in [1.54, 1.807) is 6.92 Å². The first-order chi connectivity index (χ1) is 8.15. The van der Waals surface area contributed by atoms with Gasteiger partial charge in [-0.2, -0.15) is 0 Å². The fourth-order valence-electron chi connectivity index (χ4n) is 2.01. The van der Waals surface area contributed by atoms with Crippen LogP contribution in [0.15, 0.2) is 10.5 Å². The van der Waals surface area contributed by atoms with E-state index in [0.29, 0.717) is 18.8 Å². The molecule has 3 nitrogen and oxygen atoms in total. The van der Waals surface area contributed by atoms with Gasteiger partial charge in [-0.1, -0.05) is 6.92 Å². The summed E-state index contributed by atoms with van der Waals surface area (Å²) in [5.41, 5.74) is 1.65. The number of carbonyl (C=O) groups is 1. The largest absolute Gasteiger partial charge is 0.489 e. The van der Waals surface area contributed by atoms with Gasteiger partial charge in [0.15, 0.2) is 17.3 Å². The molecule has 0 atom stereocenters. The second-order valence-corrected chi connectivity index (χ2v) is 4.86. The van der Waals surface area contributed by atoms with Gasteiger partial charge < -0.3 is 9.47 Å². The van der Waals surface area contributed by atoms with Gasteiger partial charge in [-0.25, -0.2) is 0 Å². The van der Waals surface area contributed by atoms with Crippen molar-refractivity contribution >= 4 is 21.7 Å². The number of carbonyl (C=O) groups excluding carboxylic acids is 1. The number of fused-ring (bicyclic) bond motifs is 1. The lowest BCUT2D eigenvalue weighted by Crippen LogP contribution is -2.04. The highest BCUT2D eigenvalue weighted by atomic mass is 79.9. The number of Topliss-reactive ketones (excluding diaryl/α,β-unsaturated/α-hetero) is 1. The average molecular weight is 299 g/mol. The highest BCUT2D eigenvalue weighted by Crippen LogP contribution is 2.42. The maximum absolute atomic E-state index is 11.6. The molecule has 0 amide bonds. The van der Waals surface area contributed by atoms with E-state index in [4.69, 9.17) is 9.47 Å². The summed E-state index contributed by atoms with van der Waals surface area (Å²) < 4.78 is 12.2. The standard InChI is InChI=1S/C13H15BrO3/c1-3-9-10(8(2)15)7-11(14)13-12(9)16-5-4-6-17-13/h7H,3-6H2,1-2H3. The lowest BCUT2D eigenvalue weighted by atomic mass is 10.0. The Morgan fingerprint density at radius 1 is 1.35 bits per heavy atom. The Kier molecular flexibility index (Phi) is 3.72. The van der Waals surface area contributed by atoms with Crippen LogP contribution in [0.5, 0.6) is 11.5 Å². The van der Waals surface area contributed by atoms with Gasteiger partial charge in [0.25, 0.3) is 0 Å². The Morgan fingerprint density at radius 3 is 2.59 bits per heavy atom. The van der Waals surface area contributed by atoms with Crippen molar-refractivity contribution in [1.29, 1.82) is 0 Å². The maximum atomic E-state index is 11.6. The highest BCUT2D eigenvalue weighted by molar-refractivity contribution is 9.10. The lowest BCUT2D eigenvalue weighted by Gasteiger charge is -2.16. The summed E-state index contributed by atoms with van der Waals surface area (Å²) in [6, 6.07) is 1.83. The van der Waals surface area contributed by atoms with E-state index in [-0.39, 0.29) is 5.78 Å². The van der Waals surface area contributed by atoms with Crippen LogP contribution in [0.4, 0.5) is 0 Å². The van der Waals surface area contributed by atoms with Crippen LogP contribution in [0.2, 0.25) is 0 Å². The van der Waals surface area contributed by atoms with Crippen LogP contribution in [-0.4, -0.2) is 19.0 Å². The Balaban J connectivity index is 2.64. The van der Waals surface area contributed by atoms with Gasteiger partial charge in [0.2, 0.25) is 0 Å². The molecule has 0 aliphatic carbocycles. The van der Waals surface area contributed by atoms with Crippen LogP contribution in [0.3, 0.4) is 0 Å². The van der Waals surface area contributed by atoms with Crippen molar-refractivity contribution in [2.45, 2.75) is 26.7 Å². The molecule has 0 saturated heterocycles. The van der Waals surface area contributed by atoms with Crippen LogP contribution < -0.4 is 9.47 Å². The number of ketones is 1. The minimum atomic E-state index is 0.0539. The van der Waals surface area contributed by atoms with E-state index in [9.17, 15) is 4.79 Å². The van der Waals surface area contributed by atoms with E-state index >= 15 is 0 Å². The average Bonchev–Trinajstić information content (AvgIpc) is 2.54. The molecule has 4 heteroatoms. The Hall–Kier alpha value is -1.03. The van der Waals surface area contributed by atoms with Gasteiger partial charge in [0.05, 0.1) is 17.7 Å². The molecule has 2 rings (SSSR count). The van der Waals surface area contributed by atoms with Crippen LogP contribution in [-0.2, 0) is 6.42 Å². The Bertz CT molecular complexity index is 454. The quantitative estimate of drug-likeness (QED) is 0.785. The predicted molar refractivity (Wildman–Crippen MR) is 69.1 cm³/mol. The van der Waals surface area contributed by atoms with Gasteiger partial charge in [0, 0.05) is 17.5 Å². The monoisotopic (exact) mass is 298 g/mol. The number of benzene rings is 1. The van der Waals surface area contributed by atoms with Crippen molar-refractivity contribution in [2.75, 3.05) is 13.2 Å². The zero-order valence-electron chi connectivity index (χ0n) is 10.0. The molecule has 0 bridgehead atoms. The van der Waals surface area contributed by atoms with Gasteiger partial charge in [0.1, 0.15) is 0 Å². The van der Waals surface area contributed by atoms with Gasteiger partial charge in [-0.3, -0.25) is 4.79 Å². The molecule has 17 heavy (non-hydrogen) atoms. The molecule has 0 radical (unpaired) electrons. The summed E-state index contributed by atoms with van der Waals surface area (Å²) in [5, 5.41) is 0. The second-order valence-electron chi connectivity index (χ2n) is 4.00. The molecule has 92 valence electrons. The van der Waals surface area contributed by atoms with Crippen molar-refractivity contribution in [2.24, 2.45) is 0 Å². The molecular weight excluding hydrogens is 284 g/mol. The number of halogens is 1. The SMILES string of the molecule is CCc1c(C(C)=O)cc(Br)c2c1OCCCO2. The first-order valence-corrected chi connectivity index (χ1v) is 6.56. The van der Waals surface area contributed by atoms with E-state index in [1.807, 2.05) is 13.0 Å². The van der Waals surface area contributed by atoms with Crippen LogP contribution in [0.1, 0.15) is 36.2 Å². The molecular formula is C13H15BrO3. The highest BCUT2D eigenvalue weighted by Gasteiger charge is 2.22. The molecule has 1 aromatic carbocycles. The first kappa shape index (κ1) is 12.4. The van der Waals surface area contributed by atoms with E-state index in [0.717, 1.165) is 34.4 Å². The van der Waals surface area contributed by atoms with E-state index in [2.05, 4.69) is 15.9 Å². The zero-order chi connectivity index (χ0) is 12.4. The fraction of sp³-hybridized carbons (Fsp3) is 0.462. The van der Waals surface area contributed by atoms with E-state index in [1.165, 1.54) is 0 Å². The molecule has 0 aromatic heterocycles. The molecule has 1 aliphatic rings. The van der Waals surface area contributed by atoms with E-state index < -0.39 is 0 Å². The van der Waals surface area contributed by atoms with Crippen molar-refractivity contribution < 1.29 is 14.3 Å². The molecule has 0 unspecified atom stereocenters. The molecule has 1 heterocycles. The third kappa shape index (κ3) is 2.32. The molecule has 0 N–H and O–H groups in total. The van der Waals surface area contributed by atoms with Crippen molar-refractivity contribution in [3.63, 3.8) is 0 Å². The summed E-state index contributed by atoms with van der Waals surface area (Å²) in [5.74, 6) is 1.51. The Labute approximate surface area is 109 Å². The zero-order valence-corrected chi connectivity index (χ0v) is 11.6. The third-order valence-corrected chi connectivity index (χ3v) is 3.40. The molecule has 0 fully saturated rings. The van der Waals surface area contributed by atoms with Crippen LogP contribution in [0.25, 0.3) is 0 Å². The van der Waals surface area contributed by atoms with Gasteiger partial charge in [-0.05, 0) is 35.3 Å². The molecule has 0 saturated carbocycles. The summed E-state index contributed by atoms with van der Waals surface area (Å²) in [4.78, 5) is 11.6. The molecule has 1 aliphatic heterocycles. The smallest absolute Gasteiger partial charge is 0.175 e. The maximum Gasteiger partial charge on any atom is 0.175 e. The first-order valence-electron chi connectivity index (χ1n) is 5.77. The topological polar surface area (TPSA) is 35.5 Å². The lowest BCUT2D eigenvalue weighted by molar-refractivity contribution is 0.101. The van der Waals surface area contributed by atoms with Gasteiger partial charge in [-0.15, -0.1) is 0 Å². The second kappa shape index (κ2) is 5.08. The van der Waals surface area contributed by atoms with Crippen molar-refractivity contribution in [1.82, 2.24) is 0 Å². The summed E-state index contributed by atoms with van der Waals surface area (Å²) in [6.07, 6.45) is 1.62. The van der Waals surface area contributed by atoms with Crippen molar-refractivity contribution in [3.05, 3.63) is 21.7 Å². The Morgan fingerprint density at radius 2 is 2.00 bits per heavy atom. The predicted octanol–water partition coefficient (Wildman–Crippen LogP) is 3.38. The van der Waals surface area contributed by atoms with Crippen molar-refractivity contribution in [3.8, 4) is 11.5 Å². The van der Waals surface area contributed by atoms with Gasteiger partial charge >= 0.3 is 0 Å². The number of rotatable bonds is 2. The molecule has 0 spiro atoms. The third-order valence-electron chi connectivity index (χ3n) is 2.81. The number of hydrogen-bond donors (Lipinski definition) is 0. The normalized spacial score (nSPS) is 14.3.